The Morgan fingerprint density at radius 3 is 2.53 bits per heavy atom. The van der Waals surface area contributed by atoms with Crippen LogP contribution in [0, 0.1) is 11.8 Å². The SMILES string of the molecule is CO[C@H]1C=C/C=C(\C)C(=O)Nc2cc(O)c(N=CCF)c(c2O)C[C@@H](C)C[C@H](OC)[C@H](O)[C@@H](C)/C=C(\C)[C@@H]1OC(=O)NO. The number of alkyl halides is 1. The Hall–Kier alpha value is -3.78. The number of allylic oxidation sites excluding steroid dienone is 2. The van der Waals surface area contributed by atoms with Gasteiger partial charge in [0.25, 0.3) is 5.91 Å². The van der Waals surface area contributed by atoms with E-state index in [2.05, 4.69) is 10.3 Å². The van der Waals surface area contributed by atoms with E-state index in [0.717, 1.165) is 12.3 Å². The van der Waals surface area contributed by atoms with Crippen LogP contribution in [0.3, 0.4) is 0 Å². The predicted octanol–water partition coefficient (Wildman–Crippen LogP) is 4.25. The summed E-state index contributed by atoms with van der Waals surface area (Å²) in [6, 6.07) is 1.13. The molecular formula is C30H42FN3O9. The number of hydrogen-bond donors (Lipinski definition) is 6. The molecule has 1 aliphatic heterocycles. The monoisotopic (exact) mass is 607 g/mol. The fourth-order valence-electron chi connectivity index (χ4n) is 4.88. The summed E-state index contributed by atoms with van der Waals surface area (Å²) in [5.74, 6) is -2.06. The van der Waals surface area contributed by atoms with Gasteiger partial charge in [-0.1, -0.05) is 38.2 Å². The van der Waals surface area contributed by atoms with Gasteiger partial charge in [-0.05, 0) is 38.2 Å². The molecule has 0 saturated heterocycles. The van der Waals surface area contributed by atoms with Crippen LogP contribution in [0.4, 0.5) is 20.6 Å². The Morgan fingerprint density at radius 2 is 1.93 bits per heavy atom. The number of ether oxygens (including phenoxy) is 3. The lowest BCUT2D eigenvalue weighted by Crippen LogP contribution is -2.37. The molecule has 1 aliphatic rings. The smallest absolute Gasteiger partial charge is 0.431 e. The summed E-state index contributed by atoms with van der Waals surface area (Å²) < 4.78 is 29.4. The molecule has 12 nitrogen and oxygen atoms in total. The number of phenols is 2. The van der Waals surface area contributed by atoms with Crippen LogP contribution >= 0.6 is 0 Å². The minimum atomic E-state index is -1.12. The normalized spacial score (nSPS) is 28.4. The number of hydrogen-bond acceptors (Lipinski definition) is 10. The van der Waals surface area contributed by atoms with Gasteiger partial charge in [0.15, 0.2) is 6.10 Å². The van der Waals surface area contributed by atoms with E-state index in [4.69, 9.17) is 19.4 Å². The van der Waals surface area contributed by atoms with Crippen LogP contribution < -0.4 is 10.8 Å². The molecular weight excluding hydrogens is 565 g/mol. The summed E-state index contributed by atoms with van der Waals surface area (Å²) in [5, 5.41) is 44.7. The van der Waals surface area contributed by atoms with E-state index in [1.165, 1.54) is 44.9 Å². The van der Waals surface area contributed by atoms with E-state index in [1.807, 2.05) is 6.92 Å². The Labute approximate surface area is 250 Å². The highest BCUT2D eigenvalue weighted by Gasteiger charge is 2.30. The number of nitrogens with one attached hydrogen (secondary N) is 2. The Balaban J connectivity index is 2.69. The van der Waals surface area contributed by atoms with E-state index < -0.39 is 49.0 Å². The number of rotatable bonds is 5. The highest BCUT2D eigenvalue weighted by Crippen LogP contribution is 2.44. The summed E-state index contributed by atoms with van der Waals surface area (Å²) in [4.78, 5) is 28.9. The molecule has 1 heterocycles. The second-order valence-corrected chi connectivity index (χ2v) is 10.5. The zero-order valence-corrected chi connectivity index (χ0v) is 25.2. The molecule has 0 fully saturated rings. The molecule has 0 radical (unpaired) electrons. The number of aromatic hydroxyl groups is 2. The van der Waals surface area contributed by atoms with Gasteiger partial charge < -0.3 is 34.8 Å². The maximum Gasteiger partial charge on any atom is 0.431 e. The number of amides is 2. The van der Waals surface area contributed by atoms with Crippen molar-refractivity contribution in [2.45, 2.75) is 65.0 Å². The van der Waals surface area contributed by atoms with Crippen LogP contribution in [0.5, 0.6) is 11.5 Å². The zero-order valence-electron chi connectivity index (χ0n) is 25.2. The van der Waals surface area contributed by atoms with Crippen molar-refractivity contribution >= 4 is 29.6 Å². The van der Waals surface area contributed by atoms with Gasteiger partial charge in [-0.15, -0.1) is 0 Å². The van der Waals surface area contributed by atoms with Gasteiger partial charge in [-0.2, -0.15) is 0 Å². The van der Waals surface area contributed by atoms with Crippen LogP contribution in [0.25, 0.3) is 0 Å². The van der Waals surface area contributed by atoms with Crippen LogP contribution in [0.1, 0.15) is 39.7 Å². The van der Waals surface area contributed by atoms with Gasteiger partial charge in [0.05, 0.1) is 17.9 Å². The van der Waals surface area contributed by atoms with Crippen molar-refractivity contribution in [3.05, 3.63) is 47.1 Å². The van der Waals surface area contributed by atoms with Gasteiger partial charge in [0.1, 0.15) is 30.0 Å². The number of anilines is 1. The van der Waals surface area contributed by atoms with E-state index in [9.17, 15) is 29.3 Å². The minimum Gasteiger partial charge on any atom is -0.506 e. The maximum atomic E-state index is 13.0. The first-order valence-electron chi connectivity index (χ1n) is 13.7. The number of aliphatic hydroxyl groups excluding tert-OH is 1. The van der Waals surface area contributed by atoms with Crippen LogP contribution in [-0.2, 0) is 25.4 Å². The lowest BCUT2D eigenvalue weighted by atomic mass is 9.87. The summed E-state index contributed by atoms with van der Waals surface area (Å²) in [5.41, 5.74) is 2.23. The average molecular weight is 608 g/mol. The second kappa shape index (κ2) is 16.8. The molecule has 13 heteroatoms. The standard InChI is InChI=1S/C30H42FN3O9/c1-16-12-20-25(32-11-10-31)22(35)15-21(27(20)37)33-29(38)17(2)8-7-9-23(41-5)28(43-30(39)34-40)19(4)14-18(3)26(36)24(13-16)42-6/h7-9,11,14-16,18,23-24,26,28,35-37,40H,10,12-13H2,1-6H3,(H,33,38)(H,34,39)/b9-7?,17-8+,19-14+,32-11?/t16-,18+,23+,24+,26-,28+/m1/s1. The van der Waals surface area contributed by atoms with Gasteiger partial charge >= 0.3 is 6.09 Å². The Morgan fingerprint density at radius 1 is 1.23 bits per heavy atom. The van der Waals surface area contributed by atoms with E-state index >= 15 is 0 Å². The molecule has 2 rings (SSSR count). The number of fused-ring (bicyclic) bond motifs is 2. The summed E-state index contributed by atoms with van der Waals surface area (Å²) in [7, 11) is 2.84. The van der Waals surface area contributed by atoms with Gasteiger partial charge in [-0.3, -0.25) is 15.0 Å². The highest BCUT2D eigenvalue weighted by molar-refractivity contribution is 6.04. The highest BCUT2D eigenvalue weighted by atomic mass is 19.1. The molecule has 2 amide bonds. The third-order valence-electron chi connectivity index (χ3n) is 7.17. The average Bonchev–Trinajstić information content (AvgIpc) is 2.97. The number of halogens is 1. The molecule has 0 unspecified atom stereocenters. The first-order valence-corrected chi connectivity index (χ1v) is 13.7. The number of phenolic OH excluding ortho intramolecular Hbond substituents is 2. The van der Waals surface area contributed by atoms with Crippen molar-refractivity contribution in [1.82, 2.24) is 5.48 Å². The second-order valence-electron chi connectivity index (χ2n) is 10.5. The molecule has 0 aromatic heterocycles. The van der Waals surface area contributed by atoms with Crippen LogP contribution in [0.15, 0.2) is 46.5 Å². The fourth-order valence-corrected chi connectivity index (χ4v) is 4.88. The topological polar surface area (TPSA) is 179 Å². The molecule has 43 heavy (non-hydrogen) atoms. The number of hydroxylamine groups is 1. The summed E-state index contributed by atoms with van der Waals surface area (Å²) in [6.45, 7) is 5.91. The number of carbonyl (C=O) groups excluding carboxylic acids is 2. The third kappa shape index (κ3) is 9.61. The lowest BCUT2D eigenvalue weighted by Gasteiger charge is -2.29. The first-order chi connectivity index (χ1) is 20.4. The lowest BCUT2D eigenvalue weighted by molar-refractivity contribution is -0.112. The summed E-state index contributed by atoms with van der Waals surface area (Å²) in [6.07, 6.45) is 2.92. The first kappa shape index (κ1) is 35.4. The number of carbonyl (C=O) groups is 2. The maximum absolute atomic E-state index is 13.0. The summed E-state index contributed by atoms with van der Waals surface area (Å²) >= 11 is 0. The molecule has 0 spiro atoms. The molecule has 1 aromatic rings. The molecule has 6 atom stereocenters. The fraction of sp³-hybridized carbons (Fsp3) is 0.500. The van der Waals surface area contributed by atoms with Gasteiger partial charge in [-0.25, -0.2) is 14.7 Å². The Kier molecular flexibility index (Phi) is 13.8. The van der Waals surface area contributed by atoms with Crippen molar-refractivity contribution in [1.29, 1.82) is 0 Å². The minimum absolute atomic E-state index is 0.0360. The number of nitrogens with zero attached hydrogens (tertiary/aromatic N) is 1. The van der Waals surface area contributed by atoms with Gasteiger partial charge in [0, 0.05) is 43.6 Å². The molecule has 6 N–H and O–H groups in total. The van der Waals surface area contributed by atoms with Crippen molar-refractivity contribution in [2.24, 2.45) is 16.8 Å². The number of methoxy groups -OCH3 is 2. The van der Waals surface area contributed by atoms with Crippen LogP contribution in [-0.4, -0.2) is 84.1 Å². The number of aliphatic imine (C=N–C) groups is 1. The van der Waals surface area contributed by atoms with Crippen molar-refractivity contribution in [2.75, 3.05) is 26.2 Å². The van der Waals surface area contributed by atoms with Gasteiger partial charge in [0.2, 0.25) is 0 Å². The molecule has 2 bridgehead atoms. The number of benzene rings is 1. The molecule has 238 valence electrons. The van der Waals surface area contributed by atoms with Crippen molar-refractivity contribution < 1.29 is 48.7 Å². The largest absolute Gasteiger partial charge is 0.506 e. The van der Waals surface area contributed by atoms with E-state index in [1.54, 1.807) is 19.9 Å². The third-order valence-corrected chi connectivity index (χ3v) is 7.17. The molecule has 1 aromatic carbocycles. The molecule has 0 aliphatic carbocycles. The molecule has 0 saturated carbocycles. The Bertz CT molecular complexity index is 1250. The van der Waals surface area contributed by atoms with Crippen molar-refractivity contribution in [3.63, 3.8) is 0 Å². The quantitative estimate of drug-likeness (QED) is 0.0713. The van der Waals surface area contributed by atoms with Crippen LogP contribution in [0.2, 0.25) is 0 Å². The van der Waals surface area contributed by atoms with Crippen molar-refractivity contribution in [3.8, 4) is 11.5 Å². The number of aliphatic hydroxyl groups is 1. The predicted molar refractivity (Wildman–Crippen MR) is 159 cm³/mol. The van der Waals surface area contributed by atoms with E-state index in [-0.39, 0.29) is 46.3 Å². The van der Waals surface area contributed by atoms with E-state index in [0.29, 0.717) is 12.0 Å². The zero-order chi connectivity index (χ0) is 32.3.